The van der Waals surface area contributed by atoms with Gasteiger partial charge in [-0.2, -0.15) is 0 Å². The van der Waals surface area contributed by atoms with Crippen molar-refractivity contribution in [1.29, 1.82) is 0 Å². The smallest absolute Gasteiger partial charge is 0.263 e. The van der Waals surface area contributed by atoms with Gasteiger partial charge < -0.3 is 10.6 Å². The maximum atomic E-state index is 13.6. The molecule has 1 aromatic carbocycles. The number of aromatic nitrogens is 2. The number of carbonyl (C=O) groups is 1. The fourth-order valence-corrected chi connectivity index (χ4v) is 4.95. The van der Waals surface area contributed by atoms with Crippen LogP contribution < -0.4 is 11.3 Å². The molecule has 3 aromatic rings. The number of fused-ring (bicyclic) bond motifs is 1. The molecule has 0 spiro atoms. The Bertz CT molecular complexity index is 1110. The van der Waals surface area contributed by atoms with Crippen LogP contribution in [0.2, 0.25) is 0 Å². The molecule has 1 fully saturated rings. The Morgan fingerprint density at radius 2 is 1.82 bits per heavy atom. The van der Waals surface area contributed by atoms with Crippen LogP contribution in [-0.4, -0.2) is 40.5 Å². The first kappa shape index (κ1) is 18.8. The minimum absolute atomic E-state index is 0.0728. The van der Waals surface area contributed by atoms with Crippen LogP contribution in [-0.2, 0) is 0 Å². The molecule has 2 N–H and O–H groups in total. The Morgan fingerprint density at radius 3 is 2.43 bits per heavy atom. The van der Waals surface area contributed by atoms with Crippen LogP contribution >= 0.6 is 11.3 Å². The average Bonchev–Trinajstić information content (AvgIpc) is 3.00. The van der Waals surface area contributed by atoms with Crippen molar-refractivity contribution in [2.24, 2.45) is 5.73 Å². The molecule has 1 amide bonds. The highest BCUT2D eigenvalue weighted by molar-refractivity contribution is 7.20. The Balaban J connectivity index is 1.99. The summed E-state index contributed by atoms with van der Waals surface area (Å²) in [7, 11) is 2.10. The number of hydrogen-bond donors (Lipinski definition) is 1. The van der Waals surface area contributed by atoms with Gasteiger partial charge in [0.1, 0.15) is 10.7 Å². The molecule has 146 valence electrons. The summed E-state index contributed by atoms with van der Waals surface area (Å²) in [6.45, 7) is 5.70. The van der Waals surface area contributed by atoms with E-state index in [0.29, 0.717) is 26.5 Å². The van der Waals surface area contributed by atoms with Crippen LogP contribution in [0.25, 0.3) is 21.6 Å². The van der Waals surface area contributed by atoms with Crippen molar-refractivity contribution < 1.29 is 4.79 Å². The molecule has 6 nitrogen and oxygen atoms in total. The van der Waals surface area contributed by atoms with Crippen molar-refractivity contribution >= 4 is 27.5 Å². The number of piperidine rings is 1. The molecular weight excluding hydrogens is 372 g/mol. The Morgan fingerprint density at radius 1 is 1.18 bits per heavy atom. The summed E-state index contributed by atoms with van der Waals surface area (Å²) >= 11 is 1.21. The summed E-state index contributed by atoms with van der Waals surface area (Å²) in [6, 6.07) is 8.15. The van der Waals surface area contributed by atoms with Gasteiger partial charge in [-0.3, -0.25) is 14.2 Å². The van der Waals surface area contributed by atoms with Crippen LogP contribution in [0.15, 0.2) is 29.1 Å². The number of nitrogens with zero attached hydrogens (tertiary/aromatic N) is 3. The zero-order valence-electron chi connectivity index (χ0n) is 16.4. The van der Waals surface area contributed by atoms with Crippen molar-refractivity contribution in [3.8, 4) is 11.4 Å². The molecular formula is C21H24N4O2S. The zero-order valence-corrected chi connectivity index (χ0v) is 17.2. The molecule has 0 bridgehead atoms. The van der Waals surface area contributed by atoms with Crippen molar-refractivity contribution in [3.63, 3.8) is 0 Å². The van der Waals surface area contributed by atoms with Gasteiger partial charge in [0, 0.05) is 11.6 Å². The number of amides is 1. The molecule has 1 aliphatic rings. The van der Waals surface area contributed by atoms with Gasteiger partial charge in [0.05, 0.1) is 10.3 Å². The molecule has 1 saturated heterocycles. The average molecular weight is 397 g/mol. The second-order valence-electron chi connectivity index (χ2n) is 7.61. The first-order valence-electron chi connectivity index (χ1n) is 9.48. The van der Waals surface area contributed by atoms with Gasteiger partial charge in [0.15, 0.2) is 0 Å². The molecule has 4 rings (SSSR count). The summed E-state index contributed by atoms with van der Waals surface area (Å²) in [5.74, 6) is 0.159. The Kier molecular flexibility index (Phi) is 4.81. The van der Waals surface area contributed by atoms with Crippen molar-refractivity contribution in [1.82, 2.24) is 14.5 Å². The first-order valence-corrected chi connectivity index (χ1v) is 10.3. The van der Waals surface area contributed by atoms with Crippen LogP contribution in [0.3, 0.4) is 0 Å². The summed E-state index contributed by atoms with van der Waals surface area (Å²) in [5, 5.41) is 0.522. The summed E-state index contributed by atoms with van der Waals surface area (Å²) in [6.07, 6.45) is 1.79. The first-order chi connectivity index (χ1) is 13.4. The van der Waals surface area contributed by atoms with Crippen molar-refractivity contribution in [2.45, 2.75) is 32.7 Å². The van der Waals surface area contributed by atoms with Crippen molar-refractivity contribution in [3.05, 3.63) is 50.6 Å². The molecule has 0 aliphatic carbocycles. The molecule has 0 saturated carbocycles. The quantitative estimate of drug-likeness (QED) is 0.738. The fourth-order valence-electron chi connectivity index (χ4n) is 3.93. The van der Waals surface area contributed by atoms with E-state index in [2.05, 4.69) is 11.9 Å². The van der Waals surface area contributed by atoms with E-state index in [1.165, 1.54) is 11.3 Å². The van der Waals surface area contributed by atoms with E-state index in [1.807, 2.05) is 35.8 Å². The maximum Gasteiger partial charge on any atom is 0.263 e. The zero-order chi connectivity index (χ0) is 20.0. The second kappa shape index (κ2) is 7.14. The summed E-state index contributed by atoms with van der Waals surface area (Å²) in [5.41, 5.74) is 8.15. The van der Waals surface area contributed by atoms with E-state index in [0.717, 1.165) is 37.1 Å². The number of likely N-dealkylation sites (tertiary alicyclic amines) is 1. The van der Waals surface area contributed by atoms with E-state index in [1.54, 1.807) is 6.92 Å². The minimum Gasteiger partial charge on any atom is -0.365 e. The molecule has 1 aliphatic heterocycles. The molecule has 0 radical (unpaired) electrons. The molecule has 0 atom stereocenters. The van der Waals surface area contributed by atoms with Gasteiger partial charge in [-0.05, 0) is 52.4 Å². The minimum atomic E-state index is -0.511. The lowest BCUT2D eigenvalue weighted by Crippen LogP contribution is -2.36. The molecule has 7 heteroatoms. The standard InChI is InChI=1S/C21H24N4O2S/c1-12-4-6-14(7-5-12)19-23-20-16(13(2)17(28-20)18(22)26)21(27)25(19)15-8-10-24(3)11-9-15/h4-7,15H,8-11H2,1-3H3,(H2,22,26). The van der Waals surface area contributed by atoms with E-state index in [4.69, 9.17) is 10.7 Å². The number of hydrogen-bond acceptors (Lipinski definition) is 5. The van der Waals surface area contributed by atoms with Gasteiger partial charge in [0.25, 0.3) is 11.5 Å². The van der Waals surface area contributed by atoms with E-state index in [-0.39, 0.29) is 11.6 Å². The number of rotatable bonds is 3. The third-order valence-electron chi connectivity index (χ3n) is 5.58. The predicted molar refractivity (Wildman–Crippen MR) is 113 cm³/mol. The molecule has 2 aromatic heterocycles. The van der Waals surface area contributed by atoms with Gasteiger partial charge >= 0.3 is 0 Å². The molecule has 0 unspecified atom stereocenters. The van der Waals surface area contributed by atoms with Crippen LogP contribution in [0.4, 0.5) is 0 Å². The number of thiophene rings is 1. The topological polar surface area (TPSA) is 81.2 Å². The van der Waals surface area contributed by atoms with Crippen LogP contribution in [0.1, 0.15) is 39.7 Å². The SMILES string of the molecule is Cc1ccc(-c2nc3sc(C(N)=O)c(C)c3c(=O)n2C2CCN(C)CC2)cc1. The van der Waals surface area contributed by atoms with Crippen molar-refractivity contribution in [2.75, 3.05) is 20.1 Å². The lowest BCUT2D eigenvalue weighted by molar-refractivity contribution is 0.100. The van der Waals surface area contributed by atoms with Gasteiger partial charge in [0.2, 0.25) is 0 Å². The van der Waals surface area contributed by atoms with Gasteiger partial charge in [-0.25, -0.2) is 4.98 Å². The molecule has 3 heterocycles. The Hall–Kier alpha value is -2.51. The number of nitrogens with two attached hydrogens (primary N) is 1. The van der Waals surface area contributed by atoms with Crippen LogP contribution in [0, 0.1) is 13.8 Å². The largest absolute Gasteiger partial charge is 0.365 e. The van der Waals surface area contributed by atoms with E-state index >= 15 is 0 Å². The summed E-state index contributed by atoms with van der Waals surface area (Å²) in [4.78, 5) is 33.5. The normalized spacial score (nSPS) is 16.0. The predicted octanol–water partition coefficient (Wildman–Crippen LogP) is 3.11. The second-order valence-corrected chi connectivity index (χ2v) is 8.61. The highest BCUT2D eigenvalue weighted by Gasteiger charge is 2.26. The summed E-state index contributed by atoms with van der Waals surface area (Å²) < 4.78 is 1.85. The monoisotopic (exact) mass is 396 g/mol. The van der Waals surface area contributed by atoms with Gasteiger partial charge in [-0.1, -0.05) is 29.8 Å². The number of primary amides is 1. The molecule has 28 heavy (non-hydrogen) atoms. The van der Waals surface area contributed by atoms with Gasteiger partial charge in [-0.15, -0.1) is 11.3 Å². The lowest BCUT2D eigenvalue weighted by Gasteiger charge is -2.31. The van der Waals surface area contributed by atoms with E-state index in [9.17, 15) is 9.59 Å². The fraction of sp³-hybridized carbons (Fsp3) is 0.381. The third kappa shape index (κ3) is 3.14. The van der Waals surface area contributed by atoms with Crippen LogP contribution in [0.5, 0.6) is 0 Å². The number of benzene rings is 1. The maximum absolute atomic E-state index is 13.6. The number of carbonyl (C=O) groups excluding carboxylic acids is 1. The lowest BCUT2D eigenvalue weighted by atomic mass is 10.0. The van der Waals surface area contributed by atoms with E-state index < -0.39 is 5.91 Å². The Labute approximate surface area is 167 Å². The highest BCUT2D eigenvalue weighted by Crippen LogP contribution is 2.32. The number of aryl methyl sites for hydroxylation is 2. The highest BCUT2D eigenvalue weighted by atomic mass is 32.1. The third-order valence-corrected chi connectivity index (χ3v) is 6.78.